The van der Waals surface area contributed by atoms with Crippen molar-refractivity contribution in [3.63, 3.8) is 0 Å². The number of hydrogen-bond acceptors (Lipinski definition) is 3. The monoisotopic (exact) mass is 246 g/mol. The Morgan fingerprint density at radius 1 is 1.50 bits per heavy atom. The van der Waals surface area contributed by atoms with Crippen LogP contribution in [-0.4, -0.2) is 21.0 Å². The first-order valence-electron chi connectivity index (χ1n) is 4.85. The molecule has 0 aliphatic rings. The molecule has 0 fully saturated rings. The second-order valence-corrected chi connectivity index (χ2v) is 5.38. The zero-order chi connectivity index (χ0) is 12.3. The van der Waals surface area contributed by atoms with Crippen molar-refractivity contribution in [1.82, 2.24) is 4.72 Å². The third-order valence-electron chi connectivity index (χ3n) is 2.16. The molecule has 0 unspecified atom stereocenters. The van der Waals surface area contributed by atoms with Gasteiger partial charge in [0.05, 0.1) is 4.90 Å². The largest absolute Gasteiger partial charge is 0.329 e. The summed E-state index contributed by atoms with van der Waals surface area (Å²) < 4.78 is 39.0. The number of halogens is 1. The third kappa shape index (κ3) is 3.01. The maximum absolute atomic E-state index is 13.2. The van der Waals surface area contributed by atoms with Crippen molar-refractivity contribution in [3.8, 4) is 0 Å². The zero-order valence-electron chi connectivity index (χ0n) is 9.20. The fraction of sp³-hybridized carbons (Fsp3) is 0.400. The number of benzene rings is 1. The molecule has 0 bridgehead atoms. The Labute approximate surface area is 94.7 Å². The highest BCUT2D eigenvalue weighted by molar-refractivity contribution is 7.89. The van der Waals surface area contributed by atoms with Crippen molar-refractivity contribution in [2.75, 3.05) is 6.54 Å². The molecule has 0 heterocycles. The van der Waals surface area contributed by atoms with Crippen molar-refractivity contribution in [2.24, 2.45) is 5.73 Å². The molecule has 0 amide bonds. The van der Waals surface area contributed by atoms with E-state index in [0.29, 0.717) is 5.56 Å². The SMILES string of the molecule is Cc1ccc(S(=O)(=O)N[C@H](C)CN)cc1F. The van der Waals surface area contributed by atoms with E-state index in [1.165, 1.54) is 12.1 Å². The van der Waals surface area contributed by atoms with E-state index in [4.69, 9.17) is 5.73 Å². The van der Waals surface area contributed by atoms with Gasteiger partial charge in [0.15, 0.2) is 0 Å². The van der Waals surface area contributed by atoms with E-state index in [2.05, 4.69) is 4.72 Å². The molecule has 16 heavy (non-hydrogen) atoms. The summed E-state index contributed by atoms with van der Waals surface area (Å²) >= 11 is 0. The average Bonchev–Trinajstić information content (AvgIpc) is 2.21. The van der Waals surface area contributed by atoms with E-state index in [0.717, 1.165) is 6.07 Å². The van der Waals surface area contributed by atoms with Gasteiger partial charge >= 0.3 is 0 Å². The second-order valence-electron chi connectivity index (χ2n) is 3.67. The van der Waals surface area contributed by atoms with Gasteiger partial charge in [-0.3, -0.25) is 0 Å². The lowest BCUT2D eigenvalue weighted by molar-refractivity contribution is 0.559. The summed E-state index contributed by atoms with van der Waals surface area (Å²) in [7, 11) is -3.68. The molecular formula is C10H15FN2O2S. The first kappa shape index (κ1) is 13.1. The van der Waals surface area contributed by atoms with Gasteiger partial charge in [0.1, 0.15) is 5.82 Å². The van der Waals surface area contributed by atoms with Crippen molar-refractivity contribution in [2.45, 2.75) is 24.8 Å². The minimum Gasteiger partial charge on any atom is -0.329 e. The molecule has 1 aromatic rings. The van der Waals surface area contributed by atoms with E-state index >= 15 is 0 Å². The number of nitrogens with two attached hydrogens (primary N) is 1. The molecule has 0 aromatic heterocycles. The summed E-state index contributed by atoms with van der Waals surface area (Å²) in [6, 6.07) is 3.41. The van der Waals surface area contributed by atoms with Crippen LogP contribution in [-0.2, 0) is 10.0 Å². The van der Waals surface area contributed by atoms with Crippen LogP contribution in [0.25, 0.3) is 0 Å². The highest BCUT2D eigenvalue weighted by Crippen LogP contribution is 2.14. The molecule has 1 aromatic carbocycles. The van der Waals surface area contributed by atoms with Gasteiger partial charge in [-0.2, -0.15) is 0 Å². The first-order chi connectivity index (χ1) is 7.36. The summed E-state index contributed by atoms with van der Waals surface area (Å²) in [4.78, 5) is -0.0871. The average molecular weight is 246 g/mol. The van der Waals surface area contributed by atoms with Crippen LogP contribution in [0.4, 0.5) is 4.39 Å². The number of rotatable bonds is 4. The number of sulfonamides is 1. The van der Waals surface area contributed by atoms with Crippen molar-refractivity contribution in [3.05, 3.63) is 29.6 Å². The van der Waals surface area contributed by atoms with Gasteiger partial charge in [0.2, 0.25) is 10.0 Å². The lowest BCUT2D eigenvalue weighted by Gasteiger charge is -2.12. The standard InChI is InChI=1S/C10H15FN2O2S/c1-7-3-4-9(5-10(7)11)16(14,15)13-8(2)6-12/h3-5,8,13H,6,12H2,1-2H3/t8-/m1/s1. The molecule has 4 nitrogen and oxygen atoms in total. The van der Waals surface area contributed by atoms with Gasteiger partial charge in [0, 0.05) is 12.6 Å². The minimum atomic E-state index is -3.68. The lowest BCUT2D eigenvalue weighted by atomic mass is 10.2. The predicted octanol–water partition coefficient (Wildman–Crippen LogP) is 0.760. The molecule has 0 saturated heterocycles. The Kier molecular flexibility index (Phi) is 4.01. The Morgan fingerprint density at radius 3 is 2.62 bits per heavy atom. The summed E-state index contributed by atoms with van der Waals surface area (Å²) in [5, 5.41) is 0. The van der Waals surface area contributed by atoms with Crippen LogP contribution < -0.4 is 10.5 Å². The lowest BCUT2D eigenvalue weighted by Crippen LogP contribution is -2.37. The highest BCUT2D eigenvalue weighted by atomic mass is 32.2. The summed E-state index contributed by atoms with van der Waals surface area (Å²) in [6.07, 6.45) is 0. The fourth-order valence-electron chi connectivity index (χ4n) is 1.12. The molecular weight excluding hydrogens is 231 g/mol. The first-order valence-corrected chi connectivity index (χ1v) is 6.33. The Hall–Kier alpha value is -0.980. The molecule has 0 radical (unpaired) electrons. The van der Waals surface area contributed by atoms with Gasteiger partial charge < -0.3 is 5.73 Å². The molecule has 6 heteroatoms. The van der Waals surface area contributed by atoms with Crippen LogP contribution in [0.3, 0.4) is 0 Å². The quantitative estimate of drug-likeness (QED) is 0.823. The van der Waals surface area contributed by atoms with Gasteiger partial charge in [-0.05, 0) is 31.5 Å². The van der Waals surface area contributed by atoms with Crippen LogP contribution in [0.2, 0.25) is 0 Å². The highest BCUT2D eigenvalue weighted by Gasteiger charge is 2.17. The smallest absolute Gasteiger partial charge is 0.240 e. The van der Waals surface area contributed by atoms with Gasteiger partial charge in [-0.1, -0.05) is 6.07 Å². The summed E-state index contributed by atoms with van der Waals surface area (Å²) in [5.41, 5.74) is 5.72. The molecule has 0 spiro atoms. The fourth-order valence-corrected chi connectivity index (χ4v) is 2.39. The molecule has 3 N–H and O–H groups in total. The predicted molar refractivity (Wildman–Crippen MR) is 60.0 cm³/mol. The Bertz CT molecular complexity index is 474. The maximum Gasteiger partial charge on any atom is 0.240 e. The normalized spacial score (nSPS) is 13.8. The van der Waals surface area contributed by atoms with Gasteiger partial charge in [-0.25, -0.2) is 17.5 Å². The van der Waals surface area contributed by atoms with Gasteiger partial charge in [-0.15, -0.1) is 0 Å². The topological polar surface area (TPSA) is 72.2 Å². The van der Waals surface area contributed by atoms with Gasteiger partial charge in [0.25, 0.3) is 0 Å². The van der Waals surface area contributed by atoms with Crippen LogP contribution in [0.1, 0.15) is 12.5 Å². The van der Waals surface area contributed by atoms with Crippen molar-refractivity contribution >= 4 is 10.0 Å². The molecule has 1 rings (SSSR count). The van der Waals surface area contributed by atoms with Crippen LogP contribution >= 0.6 is 0 Å². The Morgan fingerprint density at radius 2 is 2.12 bits per heavy atom. The number of aryl methyl sites for hydroxylation is 1. The van der Waals surface area contributed by atoms with Crippen molar-refractivity contribution < 1.29 is 12.8 Å². The van der Waals surface area contributed by atoms with Crippen LogP contribution in [0.15, 0.2) is 23.1 Å². The Balaban J connectivity index is 3.03. The third-order valence-corrected chi connectivity index (χ3v) is 3.75. The van der Waals surface area contributed by atoms with E-state index in [-0.39, 0.29) is 17.5 Å². The minimum absolute atomic E-state index is 0.0871. The number of nitrogens with one attached hydrogen (secondary N) is 1. The molecule has 0 aliphatic heterocycles. The van der Waals surface area contributed by atoms with Crippen LogP contribution in [0.5, 0.6) is 0 Å². The number of hydrogen-bond donors (Lipinski definition) is 2. The van der Waals surface area contributed by atoms with Crippen molar-refractivity contribution in [1.29, 1.82) is 0 Å². The van der Waals surface area contributed by atoms with E-state index in [1.54, 1.807) is 13.8 Å². The van der Waals surface area contributed by atoms with E-state index in [9.17, 15) is 12.8 Å². The summed E-state index contributed by atoms with van der Waals surface area (Å²) in [6.45, 7) is 3.40. The molecule has 0 aliphatic carbocycles. The summed E-state index contributed by atoms with van der Waals surface area (Å²) in [5.74, 6) is -0.539. The zero-order valence-corrected chi connectivity index (χ0v) is 10.0. The second kappa shape index (κ2) is 4.90. The van der Waals surface area contributed by atoms with Crippen LogP contribution in [0, 0.1) is 12.7 Å². The molecule has 0 saturated carbocycles. The van der Waals surface area contributed by atoms with E-state index < -0.39 is 15.8 Å². The molecule has 1 atom stereocenters. The van der Waals surface area contributed by atoms with E-state index in [1.807, 2.05) is 0 Å². The maximum atomic E-state index is 13.2. The molecule has 90 valence electrons.